The number of benzene rings is 2. The van der Waals surface area contributed by atoms with E-state index in [1.54, 1.807) is 19.1 Å². The van der Waals surface area contributed by atoms with Crippen LogP contribution in [0.2, 0.25) is 0 Å². The molecule has 164 valence electrons. The van der Waals surface area contributed by atoms with Crippen molar-refractivity contribution in [2.75, 3.05) is 31.6 Å². The largest absolute Gasteiger partial charge is 0.460 e. The number of anilines is 1. The quantitative estimate of drug-likeness (QED) is 0.243. The highest BCUT2D eigenvalue weighted by molar-refractivity contribution is 6.26. The summed E-state index contributed by atoms with van der Waals surface area (Å²) < 4.78 is 5.20. The highest BCUT2D eigenvalue weighted by Gasteiger charge is 2.33. The number of nitrogens with zero attached hydrogens (tertiary/aromatic N) is 2. The molecular weight excluding hydrogens is 392 g/mol. The number of carbonyl (C=O) groups is 3. The van der Waals surface area contributed by atoms with E-state index in [0.29, 0.717) is 35.2 Å². The number of likely N-dealkylation sites (N-methyl/N-ethyl adjacent to an activating group) is 1. The summed E-state index contributed by atoms with van der Waals surface area (Å²) in [6.07, 6.45) is 4.02. The molecule has 1 aliphatic rings. The molecule has 1 aliphatic heterocycles. The van der Waals surface area contributed by atoms with Crippen molar-refractivity contribution in [2.45, 2.75) is 39.5 Å². The van der Waals surface area contributed by atoms with Gasteiger partial charge < -0.3 is 9.64 Å². The van der Waals surface area contributed by atoms with E-state index in [1.165, 1.54) is 4.90 Å². The fourth-order valence-corrected chi connectivity index (χ4v) is 3.88. The van der Waals surface area contributed by atoms with Crippen LogP contribution in [0.25, 0.3) is 10.8 Å². The first-order chi connectivity index (χ1) is 14.9. The third kappa shape index (κ3) is 4.63. The number of hydrogen-bond acceptors (Lipinski definition) is 5. The van der Waals surface area contributed by atoms with Crippen LogP contribution in [0.5, 0.6) is 0 Å². The van der Waals surface area contributed by atoms with Crippen molar-refractivity contribution in [2.24, 2.45) is 0 Å². The standard InChI is InChI=1S/C25H30N2O4/c1-5-6-7-8-14-27-23(28)19-11-9-10-18-21(13-12-20(22(18)19)24(27)29)26(4)15-16-31-25(30)17(2)3/h9-13H,2,5-8,14-16H2,1,3-4H3. The summed E-state index contributed by atoms with van der Waals surface area (Å²) in [6.45, 7) is 8.46. The fraction of sp³-hybridized carbons (Fsp3) is 0.400. The van der Waals surface area contributed by atoms with Gasteiger partial charge in [0.15, 0.2) is 0 Å². The number of rotatable bonds is 10. The van der Waals surface area contributed by atoms with E-state index in [-0.39, 0.29) is 18.4 Å². The maximum atomic E-state index is 13.1. The molecule has 0 bridgehead atoms. The second-order valence-corrected chi connectivity index (χ2v) is 8.02. The molecule has 0 N–H and O–H groups in total. The molecule has 6 heteroatoms. The lowest BCUT2D eigenvalue weighted by atomic mass is 9.92. The monoisotopic (exact) mass is 422 g/mol. The predicted molar refractivity (Wildman–Crippen MR) is 123 cm³/mol. The second kappa shape index (κ2) is 9.77. The summed E-state index contributed by atoms with van der Waals surface area (Å²) in [6, 6.07) is 9.25. The Morgan fingerprint density at radius 2 is 1.77 bits per heavy atom. The molecule has 0 atom stereocenters. The molecule has 2 aromatic carbocycles. The molecule has 0 saturated carbocycles. The van der Waals surface area contributed by atoms with Crippen LogP contribution in [0.15, 0.2) is 42.5 Å². The third-order valence-electron chi connectivity index (χ3n) is 5.62. The van der Waals surface area contributed by atoms with Gasteiger partial charge in [0, 0.05) is 46.8 Å². The van der Waals surface area contributed by atoms with Gasteiger partial charge in [0.05, 0.1) is 6.54 Å². The van der Waals surface area contributed by atoms with Crippen molar-refractivity contribution in [3.8, 4) is 0 Å². The number of hydrogen-bond donors (Lipinski definition) is 0. The molecular formula is C25H30N2O4. The number of unbranched alkanes of at least 4 members (excludes halogenated alkanes) is 3. The van der Waals surface area contributed by atoms with Crippen LogP contribution in [0.1, 0.15) is 60.2 Å². The highest BCUT2D eigenvalue weighted by Crippen LogP contribution is 2.35. The van der Waals surface area contributed by atoms with Gasteiger partial charge in [-0.1, -0.05) is 44.9 Å². The molecule has 0 saturated heterocycles. The van der Waals surface area contributed by atoms with Crippen molar-refractivity contribution in [1.29, 1.82) is 0 Å². The molecule has 0 unspecified atom stereocenters. The molecule has 0 aromatic heterocycles. The molecule has 2 amide bonds. The average molecular weight is 423 g/mol. The number of imide groups is 1. The Morgan fingerprint density at radius 1 is 1.06 bits per heavy atom. The van der Waals surface area contributed by atoms with Crippen LogP contribution in [0, 0.1) is 0 Å². The zero-order valence-corrected chi connectivity index (χ0v) is 18.6. The molecule has 3 rings (SSSR count). The summed E-state index contributed by atoms with van der Waals surface area (Å²) in [7, 11) is 1.89. The highest BCUT2D eigenvalue weighted by atomic mass is 16.5. The van der Waals surface area contributed by atoms with Gasteiger partial charge in [0.1, 0.15) is 6.61 Å². The number of esters is 1. The minimum atomic E-state index is -0.416. The Bertz CT molecular complexity index is 1010. The molecule has 6 nitrogen and oxygen atoms in total. The first kappa shape index (κ1) is 22.5. The summed E-state index contributed by atoms with van der Waals surface area (Å²) >= 11 is 0. The van der Waals surface area contributed by atoms with E-state index >= 15 is 0 Å². The lowest BCUT2D eigenvalue weighted by molar-refractivity contribution is -0.138. The van der Waals surface area contributed by atoms with Crippen LogP contribution in [-0.2, 0) is 9.53 Å². The number of ether oxygens (including phenoxy) is 1. The number of carbonyl (C=O) groups excluding carboxylic acids is 3. The van der Waals surface area contributed by atoms with Crippen molar-refractivity contribution in [3.05, 3.63) is 53.6 Å². The molecule has 31 heavy (non-hydrogen) atoms. The maximum absolute atomic E-state index is 13.1. The van der Waals surface area contributed by atoms with Crippen molar-refractivity contribution < 1.29 is 19.1 Å². The zero-order chi connectivity index (χ0) is 22.5. The van der Waals surface area contributed by atoms with Gasteiger partial charge in [-0.3, -0.25) is 14.5 Å². The maximum Gasteiger partial charge on any atom is 0.333 e. The predicted octanol–water partition coefficient (Wildman–Crippen LogP) is 4.57. The van der Waals surface area contributed by atoms with E-state index in [1.807, 2.05) is 30.1 Å². The average Bonchev–Trinajstić information content (AvgIpc) is 2.76. The van der Waals surface area contributed by atoms with Crippen LogP contribution < -0.4 is 4.90 Å². The van der Waals surface area contributed by atoms with Crippen molar-refractivity contribution in [3.63, 3.8) is 0 Å². The third-order valence-corrected chi connectivity index (χ3v) is 5.62. The molecule has 0 aliphatic carbocycles. The number of amides is 2. The Hall–Kier alpha value is -3.15. The summed E-state index contributed by atoms with van der Waals surface area (Å²) in [5, 5.41) is 1.54. The van der Waals surface area contributed by atoms with Crippen molar-refractivity contribution in [1.82, 2.24) is 4.90 Å². The molecule has 0 radical (unpaired) electrons. The van der Waals surface area contributed by atoms with Crippen LogP contribution in [0.3, 0.4) is 0 Å². The molecule has 0 fully saturated rings. The van der Waals surface area contributed by atoms with E-state index in [9.17, 15) is 14.4 Å². The van der Waals surface area contributed by atoms with Gasteiger partial charge in [0.2, 0.25) is 0 Å². The van der Waals surface area contributed by atoms with Crippen LogP contribution in [0.4, 0.5) is 5.69 Å². The summed E-state index contributed by atoms with van der Waals surface area (Å²) in [4.78, 5) is 41.1. The summed E-state index contributed by atoms with van der Waals surface area (Å²) in [5.74, 6) is -0.870. The topological polar surface area (TPSA) is 66.9 Å². The zero-order valence-electron chi connectivity index (χ0n) is 18.6. The first-order valence-corrected chi connectivity index (χ1v) is 10.8. The first-order valence-electron chi connectivity index (χ1n) is 10.8. The Labute approximate surface area is 183 Å². The smallest absolute Gasteiger partial charge is 0.333 e. The van der Waals surface area contributed by atoms with Gasteiger partial charge in [-0.25, -0.2) is 4.79 Å². The lowest BCUT2D eigenvalue weighted by Gasteiger charge is -2.29. The summed E-state index contributed by atoms with van der Waals surface area (Å²) in [5.41, 5.74) is 2.36. The Kier molecular flexibility index (Phi) is 7.10. The van der Waals surface area contributed by atoms with E-state index in [2.05, 4.69) is 13.5 Å². The molecule has 2 aromatic rings. The van der Waals surface area contributed by atoms with Crippen molar-refractivity contribution >= 4 is 34.2 Å². The fourth-order valence-electron chi connectivity index (χ4n) is 3.88. The van der Waals surface area contributed by atoms with Gasteiger partial charge in [0.25, 0.3) is 11.8 Å². The Morgan fingerprint density at radius 3 is 2.45 bits per heavy atom. The Balaban J connectivity index is 1.86. The molecule has 0 spiro atoms. The molecule has 1 heterocycles. The van der Waals surface area contributed by atoms with E-state index < -0.39 is 5.97 Å². The van der Waals surface area contributed by atoms with Gasteiger partial charge in [-0.15, -0.1) is 0 Å². The van der Waals surface area contributed by atoms with Gasteiger partial charge in [-0.05, 0) is 31.5 Å². The minimum absolute atomic E-state index is 0.217. The second-order valence-electron chi connectivity index (χ2n) is 8.02. The van der Waals surface area contributed by atoms with E-state index in [0.717, 1.165) is 36.8 Å². The van der Waals surface area contributed by atoms with Gasteiger partial charge >= 0.3 is 5.97 Å². The van der Waals surface area contributed by atoms with Crippen LogP contribution in [-0.4, -0.2) is 49.4 Å². The lowest BCUT2D eigenvalue weighted by Crippen LogP contribution is -2.41. The SMILES string of the molecule is C=C(C)C(=O)OCCN(C)c1ccc2c3c(cccc13)C(=O)N(CCCCCC)C2=O. The normalized spacial score (nSPS) is 12.9. The van der Waals surface area contributed by atoms with Crippen LogP contribution >= 0.6 is 0 Å². The van der Waals surface area contributed by atoms with E-state index in [4.69, 9.17) is 4.74 Å². The van der Waals surface area contributed by atoms with Gasteiger partial charge in [-0.2, -0.15) is 0 Å². The minimum Gasteiger partial charge on any atom is -0.460 e.